The molecule has 1 aromatic heterocycles. The van der Waals surface area contributed by atoms with Crippen LogP contribution in [-0.4, -0.2) is 16.7 Å². The first kappa shape index (κ1) is 11.0. The Bertz CT molecular complexity index is 515. The van der Waals surface area contributed by atoms with E-state index >= 15 is 0 Å². The second-order valence-corrected chi connectivity index (χ2v) is 5.27. The van der Waals surface area contributed by atoms with Crippen molar-refractivity contribution in [1.29, 1.82) is 0 Å². The number of benzene rings is 1. The molecule has 1 saturated heterocycles. The summed E-state index contributed by atoms with van der Waals surface area (Å²) in [6.45, 7) is 1.10. The number of H-pyrrole nitrogens is 1. The summed E-state index contributed by atoms with van der Waals surface area (Å²) >= 11 is 3.51. The van der Waals surface area contributed by atoms with Gasteiger partial charge in [0.2, 0.25) is 0 Å². The number of aromatic nitrogens is 2. The van der Waals surface area contributed by atoms with E-state index in [0.717, 1.165) is 11.0 Å². The molecule has 0 spiro atoms. The van der Waals surface area contributed by atoms with Gasteiger partial charge in [0.1, 0.15) is 0 Å². The van der Waals surface area contributed by atoms with Crippen LogP contribution in [0, 0.1) is 0 Å². The van der Waals surface area contributed by atoms with Crippen molar-refractivity contribution >= 4 is 15.9 Å². The Kier molecular flexibility index (Phi) is 2.99. The van der Waals surface area contributed by atoms with Crippen molar-refractivity contribution < 1.29 is 0 Å². The lowest BCUT2D eigenvalue weighted by atomic mass is 10.0. The fourth-order valence-corrected chi connectivity index (χ4v) is 2.78. The highest BCUT2D eigenvalue weighted by Gasteiger charge is 2.21. The van der Waals surface area contributed by atoms with Gasteiger partial charge >= 0.3 is 0 Å². The number of hydrogen-bond acceptors (Lipinski definition) is 2. The van der Waals surface area contributed by atoms with Crippen LogP contribution in [-0.2, 0) is 0 Å². The molecule has 1 fully saturated rings. The Balaban J connectivity index is 2.00. The van der Waals surface area contributed by atoms with Gasteiger partial charge < -0.3 is 5.32 Å². The number of rotatable bonds is 2. The number of hydrogen-bond donors (Lipinski definition) is 2. The van der Waals surface area contributed by atoms with Gasteiger partial charge in [0, 0.05) is 16.1 Å². The fourth-order valence-electron chi connectivity index (χ4n) is 2.38. The zero-order valence-electron chi connectivity index (χ0n) is 9.41. The predicted molar refractivity (Wildman–Crippen MR) is 71.7 cm³/mol. The van der Waals surface area contributed by atoms with E-state index in [4.69, 9.17) is 0 Å². The smallest absolute Gasteiger partial charge is 0.0599 e. The Hall–Kier alpha value is -1.13. The summed E-state index contributed by atoms with van der Waals surface area (Å²) in [6.07, 6.45) is 4.34. The number of aromatic amines is 1. The third-order valence-corrected chi connectivity index (χ3v) is 3.71. The fraction of sp³-hybridized carbons (Fsp3) is 0.308. The van der Waals surface area contributed by atoms with Gasteiger partial charge in [-0.2, -0.15) is 5.10 Å². The van der Waals surface area contributed by atoms with Crippen LogP contribution >= 0.6 is 15.9 Å². The van der Waals surface area contributed by atoms with Gasteiger partial charge in [-0.05, 0) is 37.1 Å². The third kappa shape index (κ3) is 2.15. The minimum atomic E-state index is 0.423. The summed E-state index contributed by atoms with van der Waals surface area (Å²) in [4.78, 5) is 0. The highest BCUT2D eigenvalue weighted by Crippen LogP contribution is 2.31. The van der Waals surface area contributed by atoms with Crippen molar-refractivity contribution in [2.24, 2.45) is 0 Å². The molecule has 0 aliphatic carbocycles. The molecule has 3 rings (SSSR count). The average molecular weight is 292 g/mol. The van der Waals surface area contributed by atoms with Gasteiger partial charge in [0.15, 0.2) is 0 Å². The summed E-state index contributed by atoms with van der Waals surface area (Å²) in [6, 6.07) is 8.76. The first-order chi connectivity index (χ1) is 8.34. The highest BCUT2D eigenvalue weighted by molar-refractivity contribution is 9.10. The SMILES string of the molecule is Brc1cccc(-c2cn[nH]c2C2CCCN2)c1. The molecule has 2 N–H and O–H groups in total. The largest absolute Gasteiger partial charge is 0.309 e. The molecule has 88 valence electrons. The monoisotopic (exact) mass is 291 g/mol. The van der Waals surface area contributed by atoms with Crippen molar-refractivity contribution in [3.8, 4) is 11.1 Å². The lowest BCUT2D eigenvalue weighted by Gasteiger charge is -2.10. The first-order valence-electron chi connectivity index (χ1n) is 5.87. The van der Waals surface area contributed by atoms with Crippen LogP contribution in [0.2, 0.25) is 0 Å². The van der Waals surface area contributed by atoms with Crippen LogP contribution in [0.25, 0.3) is 11.1 Å². The Morgan fingerprint density at radius 3 is 3.06 bits per heavy atom. The molecule has 2 heterocycles. The number of nitrogens with one attached hydrogen (secondary N) is 2. The molecule has 0 radical (unpaired) electrons. The first-order valence-corrected chi connectivity index (χ1v) is 6.66. The molecular weight excluding hydrogens is 278 g/mol. The predicted octanol–water partition coefficient (Wildman–Crippen LogP) is 3.26. The minimum absolute atomic E-state index is 0.423. The lowest BCUT2D eigenvalue weighted by molar-refractivity contribution is 0.626. The van der Waals surface area contributed by atoms with Crippen LogP contribution in [0.5, 0.6) is 0 Å². The molecule has 0 saturated carbocycles. The summed E-state index contributed by atoms with van der Waals surface area (Å²) in [5.74, 6) is 0. The molecule has 0 amide bonds. The van der Waals surface area contributed by atoms with Crippen LogP contribution in [0.15, 0.2) is 34.9 Å². The normalized spacial score (nSPS) is 19.7. The second-order valence-electron chi connectivity index (χ2n) is 4.36. The average Bonchev–Trinajstić information content (AvgIpc) is 3.00. The quantitative estimate of drug-likeness (QED) is 0.892. The van der Waals surface area contributed by atoms with E-state index in [1.807, 2.05) is 12.3 Å². The zero-order chi connectivity index (χ0) is 11.7. The van der Waals surface area contributed by atoms with Gasteiger partial charge in [-0.25, -0.2) is 0 Å². The van der Waals surface area contributed by atoms with Gasteiger partial charge in [-0.15, -0.1) is 0 Å². The molecule has 1 aromatic carbocycles. The molecule has 1 aliphatic heterocycles. The maximum absolute atomic E-state index is 4.19. The molecule has 4 heteroatoms. The summed E-state index contributed by atoms with van der Waals surface area (Å²) in [7, 11) is 0. The Labute approximate surface area is 109 Å². The molecule has 0 bridgehead atoms. The summed E-state index contributed by atoms with van der Waals surface area (Å²) in [5, 5.41) is 10.8. The van der Waals surface area contributed by atoms with E-state index in [-0.39, 0.29) is 0 Å². The van der Waals surface area contributed by atoms with Crippen LogP contribution in [0.1, 0.15) is 24.6 Å². The number of halogens is 1. The minimum Gasteiger partial charge on any atom is -0.309 e. The van der Waals surface area contributed by atoms with E-state index in [2.05, 4.69) is 49.6 Å². The molecule has 2 aromatic rings. The molecule has 17 heavy (non-hydrogen) atoms. The second kappa shape index (κ2) is 4.63. The molecule has 1 unspecified atom stereocenters. The molecule has 3 nitrogen and oxygen atoms in total. The molecule has 1 aliphatic rings. The van der Waals surface area contributed by atoms with E-state index in [0.29, 0.717) is 6.04 Å². The summed E-state index contributed by atoms with van der Waals surface area (Å²) < 4.78 is 1.10. The Morgan fingerprint density at radius 1 is 1.35 bits per heavy atom. The van der Waals surface area contributed by atoms with Gasteiger partial charge in [-0.1, -0.05) is 28.1 Å². The van der Waals surface area contributed by atoms with Crippen LogP contribution in [0.3, 0.4) is 0 Å². The van der Waals surface area contributed by atoms with Crippen molar-refractivity contribution in [1.82, 2.24) is 15.5 Å². The van der Waals surface area contributed by atoms with Gasteiger partial charge in [0.25, 0.3) is 0 Å². The maximum atomic E-state index is 4.19. The van der Waals surface area contributed by atoms with E-state index in [1.165, 1.54) is 29.7 Å². The Morgan fingerprint density at radius 2 is 2.29 bits per heavy atom. The van der Waals surface area contributed by atoms with Gasteiger partial charge in [-0.3, -0.25) is 5.10 Å². The van der Waals surface area contributed by atoms with Crippen LogP contribution < -0.4 is 5.32 Å². The maximum Gasteiger partial charge on any atom is 0.0599 e. The highest BCUT2D eigenvalue weighted by atomic mass is 79.9. The molecule has 1 atom stereocenters. The van der Waals surface area contributed by atoms with E-state index < -0.39 is 0 Å². The zero-order valence-corrected chi connectivity index (χ0v) is 11.0. The van der Waals surface area contributed by atoms with E-state index in [9.17, 15) is 0 Å². The van der Waals surface area contributed by atoms with E-state index in [1.54, 1.807) is 0 Å². The standard InChI is InChI=1S/C13H14BrN3/c14-10-4-1-3-9(7-10)11-8-16-17-13(11)12-5-2-6-15-12/h1,3-4,7-8,12,15H,2,5-6H2,(H,16,17). The number of nitrogens with zero attached hydrogens (tertiary/aromatic N) is 1. The van der Waals surface area contributed by atoms with Crippen molar-refractivity contribution in [3.63, 3.8) is 0 Å². The van der Waals surface area contributed by atoms with Crippen molar-refractivity contribution in [3.05, 3.63) is 40.6 Å². The topological polar surface area (TPSA) is 40.7 Å². The molecular formula is C13H14BrN3. The summed E-state index contributed by atoms with van der Waals surface area (Å²) in [5.41, 5.74) is 3.61. The van der Waals surface area contributed by atoms with Crippen molar-refractivity contribution in [2.75, 3.05) is 6.54 Å². The van der Waals surface area contributed by atoms with Gasteiger partial charge in [0.05, 0.1) is 11.9 Å². The van der Waals surface area contributed by atoms with Crippen LogP contribution in [0.4, 0.5) is 0 Å². The third-order valence-electron chi connectivity index (χ3n) is 3.21. The van der Waals surface area contributed by atoms with Crippen molar-refractivity contribution in [2.45, 2.75) is 18.9 Å². The lowest BCUT2D eigenvalue weighted by Crippen LogP contribution is -2.14.